The summed E-state index contributed by atoms with van der Waals surface area (Å²) < 4.78 is 5.90. The molecule has 1 aliphatic carbocycles. The molecule has 0 saturated heterocycles. The third-order valence-electron chi connectivity index (χ3n) is 4.25. The van der Waals surface area contributed by atoms with Crippen LogP contribution in [-0.4, -0.2) is 44.1 Å². The highest BCUT2D eigenvalue weighted by Crippen LogP contribution is 2.27. The van der Waals surface area contributed by atoms with Crippen LogP contribution in [0.3, 0.4) is 0 Å². The zero-order valence-electron chi connectivity index (χ0n) is 14.6. The molecule has 1 aromatic rings. The monoisotopic (exact) mass is 458 g/mol. The molecule has 1 unspecified atom stereocenters. The SMILES string of the molecule is CN=C(NCCCC(=O)NC1CC1)NCC1Cc2ccccc2O1.I. The first-order valence-corrected chi connectivity index (χ1v) is 8.73. The average molecular weight is 458 g/mol. The van der Waals surface area contributed by atoms with E-state index in [-0.39, 0.29) is 36.0 Å². The summed E-state index contributed by atoms with van der Waals surface area (Å²) in [7, 11) is 1.75. The van der Waals surface area contributed by atoms with Crippen molar-refractivity contribution in [2.75, 3.05) is 20.1 Å². The smallest absolute Gasteiger partial charge is 0.220 e. The second-order valence-electron chi connectivity index (χ2n) is 6.38. The number of fused-ring (bicyclic) bond motifs is 1. The summed E-state index contributed by atoms with van der Waals surface area (Å²) in [4.78, 5) is 15.8. The molecule has 1 aromatic carbocycles. The number of hydrogen-bond donors (Lipinski definition) is 3. The van der Waals surface area contributed by atoms with E-state index in [1.165, 1.54) is 5.56 Å². The summed E-state index contributed by atoms with van der Waals surface area (Å²) in [6.45, 7) is 1.43. The van der Waals surface area contributed by atoms with E-state index in [9.17, 15) is 4.79 Å². The van der Waals surface area contributed by atoms with Gasteiger partial charge in [-0.1, -0.05) is 18.2 Å². The maximum Gasteiger partial charge on any atom is 0.220 e. The molecule has 0 aromatic heterocycles. The molecule has 25 heavy (non-hydrogen) atoms. The minimum absolute atomic E-state index is 0. The first-order valence-electron chi connectivity index (χ1n) is 8.73. The Morgan fingerprint density at radius 1 is 1.28 bits per heavy atom. The van der Waals surface area contributed by atoms with Crippen molar-refractivity contribution in [2.24, 2.45) is 4.99 Å². The molecule has 1 amide bonds. The van der Waals surface area contributed by atoms with Gasteiger partial charge in [-0.05, 0) is 30.9 Å². The zero-order valence-corrected chi connectivity index (χ0v) is 16.9. The van der Waals surface area contributed by atoms with Gasteiger partial charge in [0, 0.05) is 32.5 Å². The number of nitrogens with zero attached hydrogens (tertiary/aromatic N) is 1. The Morgan fingerprint density at radius 2 is 2.08 bits per heavy atom. The van der Waals surface area contributed by atoms with Gasteiger partial charge in [0.1, 0.15) is 11.9 Å². The van der Waals surface area contributed by atoms with Gasteiger partial charge < -0.3 is 20.7 Å². The first kappa shape index (κ1) is 19.8. The van der Waals surface area contributed by atoms with Gasteiger partial charge in [-0.25, -0.2) is 0 Å². The van der Waals surface area contributed by atoms with Crippen LogP contribution in [0.15, 0.2) is 29.3 Å². The van der Waals surface area contributed by atoms with Crippen molar-refractivity contribution in [2.45, 2.75) is 44.2 Å². The van der Waals surface area contributed by atoms with Crippen LogP contribution in [0.5, 0.6) is 5.75 Å². The molecule has 1 atom stereocenters. The number of guanidine groups is 1. The number of rotatable bonds is 7. The number of aliphatic imine (C=N–C) groups is 1. The topological polar surface area (TPSA) is 74.8 Å². The maximum atomic E-state index is 11.6. The van der Waals surface area contributed by atoms with Gasteiger partial charge in [-0.2, -0.15) is 0 Å². The number of amides is 1. The van der Waals surface area contributed by atoms with Crippen LogP contribution in [0.2, 0.25) is 0 Å². The molecule has 1 aliphatic heterocycles. The fourth-order valence-corrected chi connectivity index (χ4v) is 2.78. The third kappa shape index (κ3) is 6.37. The minimum Gasteiger partial charge on any atom is -0.488 e. The van der Waals surface area contributed by atoms with Crippen LogP contribution in [0.25, 0.3) is 0 Å². The summed E-state index contributed by atoms with van der Waals surface area (Å²) in [5, 5.41) is 9.53. The third-order valence-corrected chi connectivity index (χ3v) is 4.25. The first-order chi connectivity index (χ1) is 11.7. The van der Waals surface area contributed by atoms with Crippen LogP contribution in [-0.2, 0) is 11.2 Å². The Balaban J connectivity index is 0.00000225. The van der Waals surface area contributed by atoms with Crippen molar-refractivity contribution in [3.8, 4) is 5.75 Å². The molecule has 0 bridgehead atoms. The summed E-state index contributed by atoms with van der Waals surface area (Å²) in [6.07, 6.45) is 4.67. The zero-order chi connectivity index (χ0) is 16.8. The van der Waals surface area contributed by atoms with E-state index in [2.05, 4.69) is 27.0 Å². The van der Waals surface area contributed by atoms with E-state index in [4.69, 9.17) is 4.74 Å². The van der Waals surface area contributed by atoms with Crippen molar-refractivity contribution in [3.05, 3.63) is 29.8 Å². The molecule has 0 radical (unpaired) electrons. The summed E-state index contributed by atoms with van der Waals surface area (Å²) in [6, 6.07) is 8.59. The van der Waals surface area contributed by atoms with E-state index < -0.39 is 0 Å². The van der Waals surface area contributed by atoms with Crippen molar-refractivity contribution < 1.29 is 9.53 Å². The van der Waals surface area contributed by atoms with E-state index in [0.717, 1.165) is 43.9 Å². The molecule has 0 spiro atoms. The molecule has 3 N–H and O–H groups in total. The molecular formula is C18H27IN4O2. The predicted molar refractivity (Wildman–Crippen MR) is 110 cm³/mol. The van der Waals surface area contributed by atoms with Crippen molar-refractivity contribution >= 4 is 35.8 Å². The highest BCUT2D eigenvalue weighted by molar-refractivity contribution is 14.0. The van der Waals surface area contributed by atoms with Crippen LogP contribution >= 0.6 is 24.0 Å². The number of para-hydroxylation sites is 1. The Labute approximate surface area is 166 Å². The van der Waals surface area contributed by atoms with E-state index in [0.29, 0.717) is 19.0 Å². The van der Waals surface area contributed by atoms with Crippen molar-refractivity contribution in [3.63, 3.8) is 0 Å². The van der Waals surface area contributed by atoms with Crippen LogP contribution in [0.1, 0.15) is 31.2 Å². The number of benzene rings is 1. The molecule has 6 nitrogen and oxygen atoms in total. The molecular weight excluding hydrogens is 431 g/mol. The lowest BCUT2D eigenvalue weighted by Crippen LogP contribution is -2.42. The van der Waals surface area contributed by atoms with Gasteiger partial charge in [0.15, 0.2) is 5.96 Å². The highest BCUT2D eigenvalue weighted by Gasteiger charge is 2.23. The summed E-state index contributed by atoms with van der Waals surface area (Å²) in [5.74, 6) is 1.88. The van der Waals surface area contributed by atoms with Gasteiger partial charge in [0.05, 0.1) is 6.54 Å². The molecule has 1 heterocycles. The number of carbonyl (C=O) groups is 1. The Kier molecular flexibility index (Phi) is 7.80. The Bertz CT molecular complexity index is 579. The summed E-state index contributed by atoms with van der Waals surface area (Å²) in [5.41, 5.74) is 1.26. The maximum absolute atomic E-state index is 11.6. The van der Waals surface area contributed by atoms with E-state index in [1.54, 1.807) is 7.05 Å². The van der Waals surface area contributed by atoms with Gasteiger partial charge in [0.25, 0.3) is 0 Å². The largest absolute Gasteiger partial charge is 0.488 e. The number of nitrogens with one attached hydrogen (secondary N) is 3. The highest BCUT2D eigenvalue weighted by atomic mass is 127. The average Bonchev–Trinajstić information content (AvgIpc) is 3.29. The fraction of sp³-hybridized carbons (Fsp3) is 0.556. The standard InChI is InChI=1S/C18H26N4O2.HI/c1-19-18(20-10-4-7-17(23)22-14-8-9-14)21-12-15-11-13-5-2-3-6-16(13)24-15;/h2-3,5-6,14-15H,4,7-12H2,1H3,(H,22,23)(H2,19,20,21);1H. The Hall–Kier alpha value is -1.51. The van der Waals surface area contributed by atoms with Crippen LogP contribution in [0.4, 0.5) is 0 Å². The molecule has 1 saturated carbocycles. The van der Waals surface area contributed by atoms with Gasteiger partial charge in [-0.15, -0.1) is 24.0 Å². The number of hydrogen-bond acceptors (Lipinski definition) is 3. The quantitative estimate of drug-likeness (QED) is 0.252. The number of halogens is 1. The van der Waals surface area contributed by atoms with Crippen LogP contribution < -0.4 is 20.7 Å². The molecule has 2 aliphatic rings. The molecule has 138 valence electrons. The molecule has 7 heteroatoms. The van der Waals surface area contributed by atoms with Crippen molar-refractivity contribution in [1.29, 1.82) is 0 Å². The molecule has 3 rings (SSSR count). The van der Waals surface area contributed by atoms with Gasteiger partial charge >= 0.3 is 0 Å². The van der Waals surface area contributed by atoms with E-state index in [1.807, 2.05) is 18.2 Å². The lowest BCUT2D eigenvalue weighted by molar-refractivity contribution is -0.121. The predicted octanol–water partition coefficient (Wildman–Crippen LogP) is 1.83. The van der Waals surface area contributed by atoms with E-state index >= 15 is 0 Å². The normalized spacial score (nSPS) is 18.6. The molecule has 1 fully saturated rings. The van der Waals surface area contributed by atoms with Gasteiger partial charge in [-0.3, -0.25) is 9.79 Å². The van der Waals surface area contributed by atoms with Crippen molar-refractivity contribution in [1.82, 2.24) is 16.0 Å². The second kappa shape index (κ2) is 9.84. The fourth-order valence-electron chi connectivity index (χ4n) is 2.78. The Morgan fingerprint density at radius 3 is 2.80 bits per heavy atom. The van der Waals surface area contributed by atoms with Crippen LogP contribution in [0, 0.1) is 0 Å². The second-order valence-corrected chi connectivity index (χ2v) is 6.38. The number of ether oxygens (including phenoxy) is 1. The lowest BCUT2D eigenvalue weighted by Gasteiger charge is -2.15. The minimum atomic E-state index is 0. The van der Waals surface area contributed by atoms with Gasteiger partial charge in [0.2, 0.25) is 5.91 Å². The number of carbonyl (C=O) groups excluding carboxylic acids is 1. The summed E-state index contributed by atoms with van der Waals surface area (Å²) >= 11 is 0. The lowest BCUT2D eigenvalue weighted by atomic mass is 10.1.